The third-order valence-corrected chi connectivity index (χ3v) is 11.6. The molecular weight excluding hydrogens is 440 g/mol. The zero-order valence-electron chi connectivity index (χ0n) is 22.4. The Kier molecular flexibility index (Phi) is 6.23. The first-order valence-corrected chi connectivity index (χ1v) is 17.3. The van der Waals surface area contributed by atoms with Crippen LogP contribution in [-0.2, 0) is 26.4 Å². The highest BCUT2D eigenvalue weighted by Gasteiger charge is 2.66. The molecule has 34 heavy (non-hydrogen) atoms. The third-order valence-electron chi connectivity index (χ3n) is 9.87. The molecule has 1 aliphatic heterocycles. The van der Waals surface area contributed by atoms with Gasteiger partial charge in [0, 0.05) is 38.9 Å². The van der Waals surface area contributed by atoms with Crippen LogP contribution in [0.2, 0.25) is 25.7 Å². The van der Waals surface area contributed by atoms with E-state index in [0.717, 1.165) is 39.1 Å². The number of aromatic nitrogens is 2. The number of hydrogen-bond acceptors (Lipinski definition) is 4. The summed E-state index contributed by atoms with van der Waals surface area (Å²) in [5.74, 6) is 1.37. The molecule has 5 nitrogen and oxygen atoms in total. The molecule has 2 heterocycles. The lowest BCUT2D eigenvalue weighted by molar-refractivity contribution is -0.284. The van der Waals surface area contributed by atoms with Crippen LogP contribution in [0, 0.1) is 16.7 Å². The van der Waals surface area contributed by atoms with Gasteiger partial charge in [-0.05, 0) is 55.9 Å². The minimum absolute atomic E-state index is 0.0175. The Morgan fingerprint density at radius 2 is 1.85 bits per heavy atom. The van der Waals surface area contributed by atoms with Gasteiger partial charge in [0.05, 0.1) is 18.6 Å². The van der Waals surface area contributed by atoms with Gasteiger partial charge in [-0.1, -0.05) is 52.1 Å². The zero-order valence-corrected chi connectivity index (χ0v) is 23.4. The first-order chi connectivity index (χ1) is 16.0. The van der Waals surface area contributed by atoms with E-state index in [1.807, 2.05) is 6.20 Å². The lowest BCUT2D eigenvalue weighted by Crippen LogP contribution is -2.62. The molecule has 2 saturated carbocycles. The number of ether oxygens (including phenoxy) is 3. The van der Waals surface area contributed by atoms with E-state index in [1.54, 1.807) is 5.57 Å². The monoisotopic (exact) mass is 486 g/mol. The van der Waals surface area contributed by atoms with E-state index < -0.39 is 13.9 Å². The molecule has 1 spiro atoms. The van der Waals surface area contributed by atoms with Crippen LogP contribution in [0.15, 0.2) is 24.0 Å². The minimum atomic E-state index is -1.09. The van der Waals surface area contributed by atoms with Crippen LogP contribution in [0.5, 0.6) is 0 Å². The first-order valence-electron chi connectivity index (χ1n) is 13.6. The van der Waals surface area contributed by atoms with Gasteiger partial charge < -0.3 is 18.8 Å². The average molecular weight is 487 g/mol. The summed E-state index contributed by atoms with van der Waals surface area (Å²) in [6.07, 6.45) is 14.8. The van der Waals surface area contributed by atoms with E-state index in [4.69, 9.17) is 19.2 Å². The largest absolute Gasteiger partial charge is 0.361 e. The van der Waals surface area contributed by atoms with E-state index in [9.17, 15) is 0 Å². The van der Waals surface area contributed by atoms with Gasteiger partial charge in [0.15, 0.2) is 5.79 Å². The molecule has 0 radical (unpaired) electrons. The van der Waals surface area contributed by atoms with Gasteiger partial charge in [0.25, 0.3) is 0 Å². The summed E-state index contributed by atoms with van der Waals surface area (Å²) < 4.78 is 21.2. The molecule has 190 valence electrons. The second-order valence-corrected chi connectivity index (χ2v) is 19.0. The number of rotatable bonds is 6. The summed E-state index contributed by atoms with van der Waals surface area (Å²) >= 11 is 0. The van der Waals surface area contributed by atoms with Crippen molar-refractivity contribution in [1.82, 2.24) is 9.55 Å². The lowest BCUT2D eigenvalue weighted by atomic mass is 9.42. The van der Waals surface area contributed by atoms with Crippen LogP contribution >= 0.6 is 0 Å². The SMILES string of the molecule is CC1(C)C2CCC3(c4nccn4COCC[Si](C)(C)C)CCCC=C3[C@@]2(C)CCC12OCCO2. The van der Waals surface area contributed by atoms with E-state index >= 15 is 0 Å². The van der Waals surface area contributed by atoms with Crippen LogP contribution < -0.4 is 0 Å². The predicted molar refractivity (Wildman–Crippen MR) is 138 cm³/mol. The number of fused-ring (bicyclic) bond motifs is 3. The smallest absolute Gasteiger partial charge is 0.173 e. The topological polar surface area (TPSA) is 45.5 Å². The molecule has 1 saturated heterocycles. The van der Waals surface area contributed by atoms with Gasteiger partial charge in [-0.15, -0.1) is 0 Å². The Morgan fingerprint density at radius 3 is 2.59 bits per heavy atom. The Bertz CT molecular complexity index is 926. The zero-order chi connectivity index (χ0) is 24.2. The molecule has 1 aromatic rings. The van der Waals surface area contributed by atoms with Gasteiger partial charge in [0.2, 0.25) is 0 Å². The van der Waals surface area contributed by atoms with Crippen molar-refractivity contribution in [3.05, 3.63) is 29.9 Å². The fraction of sp³-hybridized carbons (Fsp3) is 0.821. The summed E-state index contributed by atoms with van der Waals surface area (Å²) in [7, 11) is -1.09. The number of imidazole rings is 1. The van der Waals surface area contributed by atoms with Crippen molar-refractivity contribution in [2.24, 2.45) is 16.7 Å². The van der Waals surface area contributed by atoms with Crippen molar-refractivity contribution in [2.45, 2.75) is 109 Å². The van der Waals surface area contributed by atoms with Crippen LogP contribution in [0.25, 0.3) is 0 Å². The van der Waals surface area contributed by atoms with Crippen molar-refractivity contribution < 1.29 is 14.2 Å². The summed E-state index contributed by atoms with van der Waals surface area (Å²) in [5.41, 5.74) is 1.82. The molecule has 6 heteroatoms. The molecule has 0 amide bonds. The molecule has 0 aromatic carbocycles. The summed E-state index contributed by atoms with van der Waals surface area (Å²) in [4.78, 5) is 5.02. The van der Waals surface area contributed by atoms with Gasteiger partial charge in [-0.3, -0.25) is 0 Å². The third kappa shape index (κ3) is 3.79. The second kappa shape index (κ2) is 8.57. The Morgan fingerprint density at radius 1 is 1.09 bits per heavy atom. The van der Waals surface area contributed by atoms with Gasteiger partial charge in [0.1, 0.15) is 12.6 Å². The molecule has 3 atom stereocenters. The maximum atomic E-state index is 6.35. The number of hydrogen-bond donors (Lipinski definition) is 0. The van der Waals surface area contributed by atoms with Crippen LogP contribution in [-0.4, -0.2) is 43.2 Å². The molecule has 5 rings (SSSR count). The van der Waals surface area contributed by atoms with E-state index in [2.05, 4.69) is 57.3 Å². The van der Waals surface area contributed by atoms with E-state index in [1.165, 1.54) is 37.6 Å². The predicted octanol–water partition coefficient (Wildman–Crippen LogP) is 6.52. The highest BCUT2D eigenvalue weighted by molar-refractivity contribution is 6.76. The average Bonchev–Trinajstić information content (AvgIpc) is 3.45. The van der Waals surface area contributed by atoms with Crippen molar-refractivity contribution >= 4 is 8.07 Å². The second-order valence-electron chi connectivity index (χ2n) is 13.3. The summed E-state index contributed by atoms with van der Waals surface area (Å²) in [6.45, 7) is 17.5. The maximum absolute atomic E-state index is 6.35. The van der Waals surface area contributed by atoms with Crippen molar-refractivity contribution in [3.8, 4) is 0 Å². The summed E-state index contributed by atoms with van der Waals surface area (Å²) in [5, 5.41) is 0. The standard InChI is InChI=1S/C28H46N2O3Si/c1-25(2)22-10-12-27(24-29-15-16-30(24)21-31-19-20-34(4,5)6)11-8-7-9-23(27)26(22,3)13-14-28(25)32-17-18-33-28/h9,15-16,22H,7-8,10-14,17-21H2,1-6H3/t22?,26-,27?/m0/s1. The van der Waals surface area contributed by atoms with Crippen molar-refractivity contribution in [3.63, 3.8) is 0 Å². The fourth-order valence-corrected chi connectivity index (χ4v) is 8.84. The van der Waals surface area contributed by atoms with Crippen molar-refractivity contribution in [1.29, 1.82) is 0 Å². The van der Waals surface area contributed by atoms with Crippen LogP contribution in [0.3, 0.4) is 0 Å². The Balaban J connectivity index is 1.44. The van der Waals surface area contributed by atoms with Crippen LogP contribution in [0.1, 0.15) is 71.5 Å². The van der Waals surface area contributed by atoms with Crippen molar-refractivity contribution in [2.75, 3.05) is 19.8 Å². The number of allylic oxidation sites excluding steroid dienone is 2. The van der Waals surface area contributed by atoms with E-state index in [0.29, 0.717) is 12.6 Å². The highest BCUT2D eigenvalue weighted by atomic mass is 28.3. The van der Waals surface area contributed by atoms with Crippen LogP contribution in [0.4, 0.5) is 0 Å². The molecule has 3 fully saturated rings. The van der Waals surface area contributed by atoms with Gasteiger partial charge in [-0.2, -0.15) is 0 Å². The highest BCUT2D eigenvalue weighted by Crippen LogP contribution is 2.69. The maximum Gasteiger partial charge on any atom is 0.173 e. The van der Waals surface area contributed by atoms with Gasteiger partial charge >= 0.3 is 0 Å². The first kappa shape index (κ1) is 24.7. The molecule has 4 aliphatic rings. The Labute approximate surface area is 207 Å². The minimum Gasteiger partial charge on any atom is -0.361 e. The molecule has 3 aliphatic carbocycles. The molecule has 1 aromatic heterocycles. The summed E-state index contributed by atoms with van der Waals surface area (Å²) in [6, 6.07) is 1.20. The number of nitrogens with zero attached hydrogens (tertiary/aromatic N) is 2. The molecule has 0 N–H and O–H groups in total. The van der Waals surface area contributed by atoms with Gasteiger partial charge in [-0.25, -0.2) is 4.98 Å². The molecule has 2 unspecified atom stereocenters. The molecular formula is C28H46N2O3Si. The normalized spacial score (nSPS) is 34.5. The fourth-order valence-electron chi connectivity index (χ4n) is 8.08. The molecule has 0 bridgehead atoms. The van der Waals surface area contributed by atoms with E-state index in [-0.39, 0.29) is 16.2 Å². The Hall–Kier alpha value is -0.953. The lowest BCUT2D eigenvalue weighted by Gasteiger charge is -2.64. The quantitative estimate of drug-likeness (QED) is 0.261.